The molecule has 18 atom stereocenters. The van der Waals surface area contributed by atoms with Crippen LogP contribution in [-0.2, 0) is 120 Å². The summed E-state index contributed by atoms with van der Waals surface area (Å²) in [6.45, 7) is 28.5. The lowest BCUT2D eigenvalue weighted by atomic mass is 9.89. The average Bonchev–Trinajstić information content (AvgIpc) is 0.814. The van der Waals surface area contributed by atoms with Crippen LogP contribution in [0.3, 0.4) is 0 Å². The lowest BCUT2D eigenvalue weighted by molar-refractivity contribution is -0.157. The Morgan fingerprint density at radius 1 is 0.374 bits per heavy atom. The van der Waals surface area contributed by atoms with Gasteiger partial charge in [-0.2, -0.15) is 0 Å². The van der Waals surface area contributed by atoms with E-state index in [0.29, 0.717) is 0 Å². The summed E-state index contributed by atoms with van der Waals surface area (Å²) >= 11 is 0. The Bertz CT molecular complexity index is 4590. The van der Waals surface area contributed by atoms with Crippen molar-refractivity contribution in [2.24, 2.45) is 53.3 Å². The number of aliphatic hydroxyl groups is 1. The van der Waals surface area contributed by atoms with Gasteiger partial charge in [-0.25, -0.2) is 0 Å². The molecular weight excluding hydrogens is 1930 g/mol. The van der Waals surface area contributed by atoms with Crippen LogP contribution >= 0.6 is 0 Å². The highest BCUT2D eigenvalue weighted by atomic mass is 16.4. The van der Waals surface area contributed by atoms with Crippen LogP contribution in [0.25, 0.3) is 0 Å². The largest absolute Gasteiger partial charge is 0.481 e. The van der Waals surface area contributed by atoms with Crippen molar-refractivity contribution in [2.45, 2.75) is 350 Å². The van der Waals surface area contributed by atoms with Crippen molar-refractivity contribution in [3.8, 4) is 0 Å². The standard InChI is InChI=1S/C63H111N11O13.C36H52N4O20/c1-25-44-59(83)68(18)33-49(76)69(19)45(29-34(2)3)56(80)67-50(38(10)11)62(86)70(20)46(30-35(4)5)55(79)64-42(16)54(78)65-43(17)58(82)71(21)47(31-36(6)7)60(84)72(22)48(32-37(8)9)61(85)73(23)51(39(12)13)63(87)74(24)52(57(81)66-44)53(77)40(14)27-26-28-41(15)75;1-37-23(7-14-32(54)55)36(60)40-22(6-13-31(52)53)26(43)17-19(3-10-28(46)47)35(59)39-21(5-12-30(50)51)25(42)16-18(2-9-27(44)45)34(58)38-20(4-11-29(48)49)24(41)8-15-33(56)57/h26,28,34-40,42-48,50-53,77H,25,27,29-33H2,1-24H3,(H,64,79)(H,65,78)(H,66,81)(H,67,80);18-23,37H,2-17H2,1H3,(H,38,58)(H,39,59)(H,40,60)(H,44,45)(H,46,47)(H,48,49)(H,50,51)(H,52,53)(H,54,55)(H,56,57)/b28-26-;/t40-,42+,43+,44+,45+,46+,47+,48+,50+,51+,52?,53-;/m1./s1. The zero-order valence-electron chi connectivity index (χ0n) is 89.7. The first-order chi connectivity index (χ1) is 68.0. The number of nitrogens with zero attached hydrogens (tertiary/aromatic N) is 7. The number of carboxylic acid groups (broad SMARTS) is 7. The minimum absolute atomic E-state index is 0.0160. The number of likely N-dealkylation sites (N-methyl/N-ethyl adjacent to an activating group) is 8. The molecule has 48 nitrogen and oxygen atoms in total. The van der Waals surface area contributed by atoms with E-state index in [0.717, 1.165) is 9.80 Å². The average molecular weight is 2090 g/mol. The van der Waals surface area contributed by atoms with Crippen LogP contribution in [0.4, 0.5) is 0 Å². The number of carbonyl (C=O) groups is 25. The van der Waals surface area contributed by atoms with Crippen molar-refractivity contribution in [1.29, 1.82) is 0 Å². The fraction of sp³-hybridized carbons (Fsp3) is 0.727. The van der Waals surface area contributed by atoms with Crippen molar-refractivity contribution in [3.63, 3.8) is 0 Å². The van der Waals surface area contributed by atoms with E-state index in [9.17, 15) is 136 Å². The number of aliphatic hydroxyl groups excluding tert-OH is 1. The van der Waals surface area contributed by atoms with Crippen LogP contribution in [0.15, 0.2) is 12.2 Å². The molecule has 1 aliphatic rings. The van der Waals surface area contributed by atoms with Gasteiger partial charge in [0.1, 0.15) is 60.4 Å². The summed E-state index contributed by atoms with van der Waals surface area (Å²) in [4.78, 5) is 339. The maximum atomic E-state index is 15.2. The Kier molecular flexibility index (Phi) is 60.0. The number of hydrogen-bond donors (Lipinski definition) is 16. The number of nitrogens with one attached hydrogen (secondary N) is 8. The molecule has 1 fully saturated rings. The Hall–Kier alpha value is -12.8. The molecule has 0 spiro atoms. The highest BCUT2D eigenvalue weighted by Crippen LogP contribution is 2.28. The molecule has 147 heavy (non-hydrogen) atoms. The second-order valence-electron chi connectivity index (χ2n) is 40.3. The monoisotopic (exact) mass is 2090 g/mol. The molecule has 0 aliphatic carbocycles. The number of carbonyl (C=O) groups excluding carboxylic acids is 18. The molecule has 0 radical (unpaired) electrons. The number of amides is 14. The highest BCUT2D eigenvalue weighted by Gasteiger charge is 2.47. The van der Waals surface area contributed by atoms with E-state index in [-0.39, 0.29) is 74.4 Å². The molecule has 1 aliphatic heterocycles. The van der Waals surface area contributed by atoms with Crippen molar-refractivity contribution < 1.29 is 161 Å². The number of rotatable bonds is 51. The Labute approximate surface area is 859 Å². The van der Waals surface area contributed by atoms with Crippen LogP contribution in [0.5, 0.6) is 0 Å². The molecule has 48 heteroatoms. The first kappa shape index (κ1) is 134. The van der Waals surface area contributed by atoms with Crippen LogP contribution in [-0.4, -0.2) is 376 Å². The quantitative estimate of drug-likeness (QED) is 0.0385. The molecule has 1 saturated heterocycles. The van der Waals surface area contributed by atoms with Crippen molar-refractivity contribution in [1.82, 2.24) is 76.8 Å². The van der Waals surface area contributed by atoms with Gasteiger partial charge >= 0.3 is 41.8 Å². The fourth-order valence-corrected chi connectivity index (χ4v) is 16.5. The van der Waals surface area contributed by atoms with Gasteiger partial charge in [0.2, 0.25) is 82.7 Å². The second kappa shape index (κ2) is 65.7. The van der Waals surface area contributed by atoms with Gasteiger partial charge in [0.25, 0.3) is 0 Å². The van der Waals surface area contributed by atoms with E-state index < -0.39 is 365 Å². The van der Waals surface area contributed by atoms with Gasteiger partial charge in [-0.3, -0.25) is 120 Å². The molecule has 0 aromatic rings. The number of ketones is 4. The lowest BCUT2D eigenvalue weighted by Crippen LogP contribution is -2.63. The summed E-state index contributed by atoms with van der Waals surface area (Å²) in [5.41, 5.74) is 0. The van der Waals surface area contributed by atoms with Crippen LogP contribution < -0.4 is 42.5 Å². The van der Waals surface area contributed by atoms with E-state index >= 15 is 9.59 Å². The maximum absolute atomic E-state index is 15.2. The number of aliphatic carboxylic acids is 7. The molecule has 16 N–H and O–H groups in total. The minimum atomic E-state index is -1.76. The zero-order chi connectivity index (χ0) is 114. The van der Waals surface area contributed by atoms with Crippen LogP contribution in [0.1, 0.15) is 259 Å². The molecule has 0 aromatic heterocycles. The van der Waals surface area contributed by atoms with Crippen molar-refractivity contribution in [3.05, 3.63) is 12.2 Å². The molecule has 14 amide bonds. The Morgan fingerprint density at radius 3 is 1.12 bits per heavy atom. The topological polar surface area (TPSA) is 708 Å². The number of allylic oxidation sites excluding steroid dienone is 2. The highest BCUT2D eigenvalue weighted by molar-refractivity contribution is 6.02. The number of carboxylic acids is 7. The summed E-state index contributed by atoms with van der Waals surface area (Å²) in [5.74, 6) is -29.5. The third-order valence-electron chi connectivity index (χ3n) is 25.2. The summed E-state index contributed by atoms with van der Waals surface area (Å²) in [5, 5.41) is 96.6. The lowest BCUT2D eigenvalue weighted by Gasteiger charge is -2.41. The van der Waals surface area contributed by atoms with Crippen LogP contribution in [0, 0.1) is 53.3 Å². The molecule has 0 aromatic carbocycles. The van der Waals surface area contributed by atoms with E-state index in [4.69, 9.17) is 15.3 Å². The Morgan fingerprint density at radius 2 is 0.728 bits per heavy atom. The van der Waals surface area contributed by atoms with E-state index in [2.05, 4.69) is 42.5 Å². The SMILES string of the molecule is CC[C@@H]1NC(=O)C([C@H](O)[C@H](C)C/C=C\C(C)=O)N(C)C(=O)[C@H](C(C)C)N(C)C(=O)[C@H](CC(C)C)N(C)C(=O)[C@H](CC(C)C)N(C)C(=O)[C@H](C)NC(=O)[C@H](C)NC(=O)[C@H](CC(C)C)N(C)C(=O)[C@H](C(C)C)NC(=O)[C@H](CC(C)C)N(C)C(=O)CN(C)C1=O.CNC(CCC(=O)O)C(=O)NC(CCC(=O)O)C(=O)CC(CCC(=O)O)C(=O)NC(CCC(=O)O)C(=O)CC(CCC(=O)O)C(=O)NC(CCC(=O)O)C(=O)CCC(=O)O. The van der Waals surface area contributed by atoms with Gasteiger partial charge in [0, 0.05) is 119 Å². The fourth-order valence-electron chi connectivity index (χ4n) is 16.5. The molecule has 832 valence electrons. The third kappa shape index (κ3) is 47.3. The van der Waals surface area contributed by atoms with E-state index in [1.807, 2.05) is 55.4 Å². The zero-order valence-corrected chi connectivity index (χ0v) is 89.7. The van der Waals surface area contributed by atoms with Gasteiger partial charge in [-0.1, -0.05) is 103 Å². The van der Waals surface area contributed by atoms with Gasteiger partial charge in [-0.15, -0.1) is 0 Å². The summed E-state index contributed by atoms with van der Waals surface area (Å²) in [7, 11) is 11.1. The molecular formula is C99H163N15O33. The maximum Gasteiger partial charge on any atom is 0.303 e. The predicted molar refractivity (Wildman–Crippen MR) is 531 cm³/mol. The van der Waals surface area contributed by atoms with Gasteiger partial charge < -0.3 is 118 Å². The van der Waals surface area contributed by atoms with E-state index in [1.54, 1.807) is 41.5 Å². The van der Waals surface area contributed by atoms with Gasteiger partial charge in [0.05, 0.1) is 43.2 Å². The summed E-state index contributed by atoms with van der Waals surface area (Å²) in [6.07, 6.45) is -8.22. The minimum Gasteiger partial charge on any atom is -0.481 e. The third-order valence-corrected chi connectivity index (χ3v) is 25.2. The smallest absolute Gasteiger partial charge is 0.303 e. The second-order valence-corrected chi connectivity index (χ2v) is 40.3. The van der Waals surface area contributed by atoms with Crippen molar-refractivity contribution >= 4 is 148 Å². The first-order valence-corrected chi connectivity index (χ1v) is 49.6. The number of hydrogen-bond acceptors (Lipinski definition) is 27. The summed E-state index contributed by atoms with van der Waals surface area (Å²) in [6, 6.07) is -18.7. The number of Topliss-reactive ketones (excluding diaryl/α,β-unsaturated/α-hetero) is 3. The first-order valence-electron chi connectivity index (χ1n) is 49.6. The van der Waals surface area contributed by atoms with Crippen LogP contribution in [0.2, 0.25) is 0 Å². The van der Waals surface area contributed by atoms with Gasteiger partial charge in [0.15, 0.2) is 23.1 Å². The van der Waals surface area contributed by atoms with Gasteiger partial charge in [-0.05, 0) is 152 Å². The molecule has 0 bridgehead atoms. The van der Waals surface area contributed by atoms with E-state index in [1.165, 1.54) is 114 Å². The molecule has 0 saturated carbocycles. The summed E-state index contributed by atoms with van der Waals surface area (Å²) < 4.78 is 0. The molecule has 1 rings (SSSR count). The normalized spacial score (nSPS) is 21.3. The Balaban J connectivity index is 0.00000311. The molecule has 7 unspecified atom stereocenters. The molecule has 1 heterocycles. The van der Waals surface area contributed by atoms with Crippen molar-refractivity contribution in [2.75, 3.05) is 62.9 Å². The predicted octanol–water partition coefficient (Wildman–Crippen LogP) is 1.64.